The van der Waals surface area contributed by atoms with Crippen LogP contribution in [-0.4, -0.2) is 13.5 Å². The third-order valence-corrected chi connectivity index (χ3v) is 4.93. The average molecular weight is 371 g/mol. The maximum absolute atomic E-state index is 12.3. The number of alkyl halides is 3. The van der Waals surface area contributed by atoms with E-state index in [0.29, 0.717) is 10.8 Å². The van der Waals surface area contributed by atoms with Crippen molar-refractivity contribution in [2.45, 2.75) is 37.5 Å². The molecule has 0 bridgehead atoms. The van der Waals surface area contributed by atoms with Gasteiger partial charge in [-0.15, -0.1) is 13.2 Å². The molecular weight excluding hydrogens is 353 g/mol. The first-order valence-electron chi connectivity index (χ1n) is 8.00. The van der Waals surface area contributed by atoms with Crippen LogP contribution in [0.5, 0.6) is 11.5 Å². The fourth-order valence-corrected chi connectivity index (χ4v) is 3.27. The SMILES string of the molecule is COc1cc(OC(F)(F)F)ccc1CCC1(c2ccc(Cl)cc2)CC1. The lowest BCUT2D eigenvalue weighted by Crippen LogP contribution is -2.17. The van der Waals surface area contributed by atoms with Crippen LogP contribution in [-0.2, 0) is 11.8 Å². The summed E-state index contributed by atoms with van der Waals surface area (Å²) in [5, 5.41) is 0.710. The summed E-state index contributed by atoms with van der Waals surface area (Å²) in [6, 6.07) is 12.1. The van der Waals surface area contributed by atoms with E-state index in [1.54, 1.807) is 6.07 Å². The maximum Gasteiger partial charge on any atom is 0.573 e. The molecule has 0 saturated heterocycles. The molecule has 2 nitrogen and oxygen atoms in total. The highest BCUT2D eigenvalue weighted by Crippen LogP contribution is 2.52. The number of hydrogen-bond acceptors (Lipinski definition) is 2. The van der Waals surface area contributed by atoms with Gasteiger partial charge in [-0.25, -0.2) is 0 Å². The van der Waals surface area contributed by atoms with Gasteiger partial charge >= 0.3 is 6.36 Å². The van der Waals surface area contributed by atoms with Crippen LogP contribution in [0.1, 0.15) is 30.4 Å². The third kappa shape index (κ3) is 4.40. The smallest absolute Gasteiger partial charge is 0.496 e. The number of aryl methyl sites for hydroxylation is 1. The zero-order chi connectivity index (χ0) is 18.1. The Morgan fingerprint density at radius 1 is 1.08 bits per heavy atom. The summed E-state index contributed by atoms with van der Waals surface area (Å²) in [5.41, 5.74) is 2.27. The number of halogens is 4. The van der Waals surface area contributed by atoms with Crippen LogP contribution in [0.3, 0.4) is 0 Å². The van der Waals surface area contributed by atoms with Gasteiger partial charge in [-0.05, 0) is 60.4 Å². The third-order valence-electron chi connectivity index (χ3n) is 4.68. The van der Waals surface area contributed by atoms with E-state index in [-0.39, 0.29) is 11.2 Å². The molecule has 0 N–H and O–H groups in total. The van der Waals surface area contributed by atoms with E-state index in [9.17, 15) is 13.2 Å². The van der Waals surface area contributed by atoms with Crippen LogP contribution in [0.4, 0.5) is 13.2 Å². The van der Waals surface area contributed by atoms with E-state index in [2.05, 4.69) is 4.74 Å². The molecule has 0 aliphatic heterocycles. The van der Waals surface area contributed by atoms with Gasteiger partial charge in [0.2, 0.25) is 0 Å². The Hall–Kier alpha value is -1.88. The van der Waals surface area contributed by atoms with Crippen molar-refractivity contribution < 1.29 is 22.6 Å². The first-order valence-corrected chi connectivity index (χ1v) is 8.38. The van der Waals surface area contributed by atoms with Crippen molar-refractivity contribution in [2.75, 3.05) is 7.11 Å². The van der Waals surface area contributed by atoms with E-state index >= 15 is 0 Å². The lowest BCUT2D eigenvalue weighted by Gasteiger charge is -2.18. The topological polar surface area (TPSA) is 18.5 Å². The molecule has 0 atom stereocenters. The molecule has 1 fully saturated rings. The van der Waals surface area contributed by atoms with E-state index < -0.39 is 6.36 Å². The predicted molar refractivity (Wildman–Crippen MR) is 90.4 cm³/mol. The highest BCUT2D eigenvalue weighted by Gasteiger charge is 2.43. The normalized spacial score (nSPS) is 15.7. The Morgan fingerprint density at radius 2 is 1.76 bits per heavy atom. The van der Waals surface area contributed by atoms with Gasteiger partial charge in [-0.3, -0.25) is 0 Å². The zero-order valence-corrected chi connectivity index (χ0v) is 14.5. The summed E-state index contributed by atoms with van der Waals surface area (Å²) in [5.74, 6) is 0.139. The molecule has 3 rings (SSSR count). The van der Waals surface area contributed by atoms with Crippen LogP contribution in [0.25, 0.3) is 0 Å². The molecule has 1 saturated carbocycles. The largest absolute Gasteiger partial charge is 0.573 e. The highest BCUT2D eigenvalue weighted by atomic mass is 35.5. The fraction of sp³-hybridized carbons (Fsp3) is 0.368. The van der Waals surface area contributed by atoms with E-state index in [0.717, 1.165) is 31.2 Å². The van der Waals surface area contributed by atoms with Gasteiger partial charge in [0.25, 0.3) is 0 Å². The minimum absolute atomic E-state index is 0.136. The van der Waals surface area contributed by atoms with E-state index in [1.165, 1.54) is 24.8 Å². The number of ether oxygens (including phenoxy) is 2. The molecule has 0 spiro atoms. The number of rotatable bonds is 6. The van der Waals surface area contributed by atoms with Crippen LogP contribution in [0, 0.1) is 0 Å². The number of hydrogen-bond donors (Lipinski definition) is 0. The number of benzene rings is 2. The molecule has 0 heterocycles. The fourth-order valence-electron chi connectivity index (χ4n) is 3.14. The summed E-state index contributed by atoms with van der Waals surface area (Å²) in [4.78, 5) is 0. The molecule has 0 radical (unpaired) electrons. The van der Waals surface area contributed by atoms with Crippen LogP contribution in [0.15, 0.2) is 42.5 Å². The molecule has 6 heteroatoms. The van der Waals surface area contributed by atoms with Crippen molar-refractivity contribution in [3.8, 4) is 11.5 Å². The quantitative estimate of drug-likeness (QED) is 0.629. The molecule has 1 aliphatic carbocycles. The van der Waals surface area contributed by atoms with Crippen LogP contribution < -0.4 is 9.47 Å². The molecule has 0 amide bonds. The molecule has 2 aromatic carbocycles. The molecular formula is C19H18ClF3O2. The Morgan fingerprint density at radius 3 is 2.32 bits per heavy atom. The Kier molecular flexibility index (Phi) is 4.87. The monoisotopic (exact) mass is 370 g/mol. The first-order chi connectivity index (χ1) is 11.8. The molecule has 1 aliphatic rings. The second-order valence-electron chi connectivity index (χ2n) is 6.31. The van der Waals surface area contributed by atoms with Gasteiger partial charge < -0.3 is 9.47 Å². The molecule has 0 aromatic heterocycles. The second kappa shape index (κ2) is 6.79. The van der Waals surface area contributed by atoms with E-state index in [4.69, 9.17) is 16.3 Å². The standard InChI is InChI=1S/C19H18ClF3O2/c1-24-17-12-16(25-19(21,22)23)7-2-13(17)8-9-18(10-11-18)14-3-5-15(20)6-4-14/h2-7,12H,8-11H2,1H3. The maximum atomic E-state index is 12.3. The summed E-state index contributed by atoms with van der Waals surface area (Å²) in [6.07, 6.45) is -0.875. The van der Waals surface area contributed by atoms with Gasteiger partial charge in [0, 0.05) is 11.1 Å². The van der Waals surface area contributed by atoms with Crippen molar-refractivity contribution in [3.05, 3.63) is 58.6 Å². The minimum Gasteiger partial charge on any atom is -0.496 e. The molecule has 25 heavy (non-hydrogen) atoms. The summed E-state index contributed by atoms with van der Waals surface area (Å²) >= 11 is 5.95. The summed E-state index contributed by atoms with van der Waals surface area (Å²) in [7, 11) is 1.45. The predicted octanol–water partition coefficient (Wildman–Crippen LogP) is 5.91. The van der Waals surface area contributed by atoms with Crippen molar-refractivity contribution in [1.29, 1.82) is 0 Å². The summed E-state index contributed by atoms with van der Waals surface area (Å²) < 4.78 is 46.2. The van der Waals surface area contributed by atoms with Gasteiger partial charge in [0.1, 0.15) is 11.5 Å². The van der Waals surface area contributed by atoms with Crippen molar-refractivity contribution in [3.63, 3.8) is 0 Å². The molecule has 0 unspecified atom stereocenters. The average Bonchev–Trinajstić information content (AvgIpc) is 3.34. The summed E-state index contributed by atoms with van der Waals surface area (Å²) in [6.45, 7) is 0. The number of methoxy groups -OCH3 is 1. The van der Waals surface area contributed by atoms with Crippen LogP contribution in [0.2, 0.25) is 5.02 Å². The van der Waals surface area contributed by atoms with Crippen molar-refractivity contribution >= 4 is 11.6 Å². The van der Waals surface area contributed by atoms with Crippen LogP contribution >= 0.6 is 11.6 Å². The minimum atomic E-state index is -4.71. The Bertz CT molecular complexity index is 737. The van der Waals surface area contributed by atoms with Crippen molar-refractivity contribution in [2.24, 2.45) is 0 Å². The Balaban J connectivity index is 1.71. The molecule has 134 valence electrons. The van der Waals surface area contributed by atoms with Gasteiger partial charge in [0.05, 0.1) is 7.11 Å². The van der Waals surface area contributed by atoms with Gasteiger partial charge in [-0.2, -0.15) is 0 Å². The van der Waals surface area contributed by atoms with E-state index in [1.807, 2.05) is 24.3 Å². The lowest BCUT2D eigenvalue weighted by atomic mass is 9.89. The van der Waals surface area contributed by atoms with Gasteiger partial charge in [0.15, 0.2) is 0 Å². The second-order valence-corrected chi connectivity index (χ2v) is 6.75. The Labute approximate surface area is 149 Å². The molecule has 2 aromatic rings. The lowest BCUT2D eigenvalue weighted by molar-refractivity contribution is -0.274. The highest BCUT2D eigenvalue weighted by molar-refractivity contribution is 6.30. The zero-order valence-electron chi connectivity index (χ0n) is 13.7. The van der Waals surface area contributed by atoms with Gasteiger partial charge in [-0.1, -0.05) is 29.8 Å². The first kappa shape index (κ1) is 17.9. The van der Waals surface area contributed by atoms with Crippen molar-refractivity contribution in [1.82, 2.24) is 0 Å².